The van der Waals surface area contributed by atoms with Crippen LogP contribution in [0.5, 0.6) is 5.75 Å². The molecule has 1 aliphatic carbocycles. The SMILES string of the molecule is O=C(COc1ccccc1)N[C@@H]1CCCC[C@H]1CC1CCCN(c2ccc([N+](=O)[O-])cc2)C1. The predicted molar refractivity (Wildman–Crippen MR) is 128 cm³/mol. The standard InChI is InChI=1S/C26H33N3O4/c30-26(19-33-24-9-2-1-3-10-24)27-25-11-5-4-8-21(25)17-20-7-6-16-28(18-20)22-12-14-23(15-13-22)29(31)32/h1-3,9-10,12-15,20-21,25H,4-8,11,16-19H2,(H,27,30)/t20?,21-,25+/m0/s1. The summed E-state index contributed by atoms with van der Waals surface area (Å²) >= 11 is 0. The molecule has 1 heterocycles. The molecule has 0 spiro atoms. The highest BCUT2D eigenvalue weighted by Gasteiger charge is 2.31. The molecule has 7 heteroatoms. The van der Waals surface area contributed by atoms with Crippen LogP contribution in [0.25, 0.3) is 0 Å². The highest BCUT2D eigenvalue weighted by molar-refractivity contribution is 5.77. The zero-order valence-corrected chi connectivity index (χ0v) is 19.0. The minimum Gasteiger partial charge on any atom is -0.484 e. The number of carbonyl (C=O) groups excluding carboxylic acids is 1. The first-order chi connectivity index (χ1) is 16.1. The molecule has 2 fully saturated rings. The van der Waals surface area contributed by atoms with Gasteiger partial charge in [0.15, 0.2) is 6.61 Å². The Hall–Kier alpha value is -3.09. The fourth-order valence-electron chi connectivity index (χ4n) is 5.30. The van der Waals surface area contributed by atoms with E-state index in [9.17, 15) is 14.9 Å². The molecule has 7 nitrogen and oxygen atoms in total. The van der Waals surface area contributed by atoms with Gasteiger partial charge in [0.2, 0.25) is 0 Å². The molecular formula is C26H33N3O4. The van der Waals surface area contributed by atoms with Gasteiger partial charge in [-0.05, 0) is 68.2 Å². The average Bonchev–Trinajstić information content (AvgIpc) is 2.85. The Morgan fingerprint density at radius 1 is 1.03 bits per heavy atom. The van der Waals surface area contributed by atoms with Crippen molar-refractivity contribution in [2.24, 2.45) is 11.8 Å². The predicted octanol–water partition coefficient (Wildman–Crippen LogP) is 4.96. The smallest absolute Gasteiger partial charge is 0.269 e. The molecule has 1 saturated heterocycles. The summed E-state index contributed by atoms with van der Waals surface area (Å²) in [6, 6.07) is 16.5. The van der Waals surface area contributed by atoms with E-state index < -0.39 is 0 Å². The zero-order valence-electron chi connectivity index (χ0n) is 19.0. The Kier molecular flexibility index (Phi) is 7.81. The molecule has 33 heavy (non-hydrogen) atoms. The number of benzene rings is 2. The first-order valence-corrected chi connectivity index (χ1v) is 12.0. The van der Waals surface area contributed by atoms with Crippen molar-refractivity contribution in [3.63, 3.8) is 0 Å². The summed E-state index contributed by atoms with van der Waals surface area (Å²) in [6.07, 6.45) is 7.97. The molecular weight excluding hydrogens is 418 g/mol. The molecule has 1 saturated carbocycles. The van der Waals surface area contributed by atoms with Gasteiger partial charge >= 0.3 is 0 Å². The number of nitro groups is 1. The van der Waals surface area contributed by atoms with Gasteiger partial charge in [-0.15, -0.1) is 0 Å². The maximum atomic E-state index is 12.5. The highest BCUT2D eigenvalue weighted by Crippen LogP contribution is 2.34. The third-order valence-corrected chi connectivity index (χ3v) is 6.95. The maximum absolute atomic E-state index is 12.5. The number of hydrogen-bond acceptors (Lipinski definition) is 5. The van der Waals surface area contributed by atoms with Gasteiger partial charge in [0, 0.05) is 37.0 Å². The fourth-order valence-corrected chi connectivity index (χ4v) is 5.30. The first-order valence-electron chi connectivity index (χ1n) is 12.0. The number of para-hydroxylation sites is 1. The number of hydrogen-bond donors (Lipinski definition) is 1. The first kappa shape index (κ1) is 23.1. The molecule has 1 amide bonds. The van der Waals surface area contributed by atoms with E-state index in [1.807, 2.05) is 42.5 Å². The zero-order chi connectivity index (χ0) is 23.0. The van der Waals surface area contributed by atoms with Crippen molar-refractivity contribution in [3.8, 4) is 5.75 Å². The van der Waals surface area contributed by atoms with Crippen molar-refractivity contribution in [1.82, 2.24) is 5.32 Å². The van der Waals surface area contributed by atoms with E-state index >= 15 is 0 Å². The van der Waals surface area contributed by atoms with Gasteiger partial charge in [-0.3, -0.25) is 14.9 Å². The normalized spacial score (nSPS) is 23.0. The Balaban J connectivity index is 1.30. The van der Waals surface area contributed by atoms with Gasteiger partial charge < -0.3 is 15.0 Å². The van der Waals surface area contributed by atoms with Crippen molar-refractivity contribution >= 4 is 17.3 Å². The number of nitro benzene ring substituents is 1. The lowest BCUT2D eigenvalue weighted by molar-refractivity contribution is -0.384. The topological polar surface area (TPSA) is 84.7 Å². The lowest BCUT2D eigenvalue weighted by Gasteiger charge is -2.39. The van der Waals surface area contributed by atoms with Gasteiger partial charge in [0.05, 0.1) is 4.92 Å². The third kappa shape index (κ3) is 6.46. The summed E-state index contributed by atoms with van der Waals surface area (Å²) in [6.45, 7) is 1.99. The van der Waals surface area contributed by atoms with Crippen molar-refractivity contribution in [3.05, 3.63) is 64.7 Å². The molecule has 0 bridgehead atoms. The average molecular weight is 452 g/mol. The Morgan fingerprint density at radius 3 is 2.55 bits per heavy atom. The molecule has 4 rings (SSSR count). The summed E-state index contributed by atoms with van der Waals surface area (Å²) in [4.78, 5) is 25.5. The molecule has 2 aromatic rings. The number of amides is 1. The molecule has 0 radical (unpaired) electrons. The second-order valence-corrected chi connectivity index (χ2v) is 9.28. The number of rotatable bonds is 8. The monoisotopic (exact) mass is 451 g/mol. The van der Waals surface area contributed by atoms with E-state index in [2.05, 4.69) is 10.2 Å². The van der Waals surface area contributed by atoms with E-state index in [4.69, 9.17) is 4.74 Å². The maximum Gasteiger partial charge on any atom is 0.269 e. The van der Waals surface area contributed by atoms with Crippen LogP contribution in [0.4, 0.5) is 11.4 Å². The number of ether oxygens (including phenoxy) is 1. The van der Waals surface area contributed by atoms with Crippen LogP contribution < -0.4 is 15.0 Å². The molecule has 2 aromatic carbocycles. The Morgan fingerprint density at radius 2 is 1.79 bits per heavy atom. The van der Waals surface area contributed by atoms with E-state index in [1.165, 1.54) is 12.8 Å². The minimum absolute atomic E-state index is 0.0462. The van der Waals surface area contributed by atoms with Gasteiger partial charge in [-0.2, -0.15) is 0 Å². The Labute approximate surface area is 195 Å². The fraction of sp³-hybridized carbons (Fsp3) is 0.500. The van der Waals surface area contributed by atoms with Crippen LogP contribution in [0, 0.1) is 22.0 Å². The van der Waals surface area contributed by atoms with Gasteiger partial charge in [0.25, 0.3) is 11.6 Å². The summed E-state index contributed by atoms with van der Waals surface area (Å²) in [5.74, 6) is 1.71. The lowest BCUT2D eigenvalue weighted by atomic mass is 9.77. The van der Waals surface area contributed by atoms with Crippen molar-refractivity contribution in [2.75, 3.05) is 24.6 Å². The van der Waals surface area contributed by atoms with Crippen LogP contribution in [-0.2, 0) is 4.79 Å². The number of nitrogens with zero attached hydrogens (tertiary/aromatic N) is 2. The second kappa shape index (κ2) is 11.2. The van der Waals surface area contributed by atoms with E-state index in [1.54, 1.807) is 12.1 Å². The second-order valence-electron chi connectivity index (χ2n) is 9.28. The van der Waals surface area contributed by atoms with Crippen molar-refractivity contribution in [1.29, 1.82) is 0 Å². The third-order valence-electron chi connectivity index (χ3n) is 6.95. The number of non-ortho nitro benzene ring substituents is 1. The largest absolute Gasteiger partial charge is 0.484 e. The summed E-state index contributed by atoms with van der Waals surface area (Å²) in [5, 5.41) is 14.2. The van der Waals surface area contributed by atoms with E-state index in [0.29, 0.717) is 17.6 Å². The van der Waals surface area contributed by atoms with Crippen LogP contribution in [0.3, 0.4) is 0 Å². The van der Waals surface area contributed by atoms with Crippen LogP contribution in [-0.4, -0.2) is 36.6 Å². The Bertz CT molecular complexity index is 919. The summed E-state index contributed by atoms with van der Waals surface area (Å²) in [5.41, 5.74) is 1.18. The van der Waals surface area contributed by atoms with Crippen molar-refractivity contribution < 1.29 is 14.5 Å². The number of anilines is 1. The van der Waals surface area contributed by atoms with Crippen LogP contribution >= 0.6 is 0 Å². The van der Waals surface area contributed by atoms with Gasteiger partial charge in [0.1, 0.15) is 5.75 Å². The molecule has 1 unspecified atom stereocenters. The lowest BCUT2D eigenvalue weighted by Crippen LogP contribution is -2.45. The number of carbonyl (C=O) groups is 1. The van der Waals surface area contributed by atoms with Crippen LogP contribution in [0.15, 0.2) is 54.6 Å². The van der Waals surface area contributed by atoms with Crippen LogP contribution in [0.2, 0.25) is 0 Å². The molecule has 1 aliphatic heterocycles. The van der Waals surface area contributed by atoms with E-state index in [-0.39, 0.29) is 29.2 Å². The number of piperidine rings is 1. The van der Waals surface area contributed by atoms with Gasteiger partial charge in [-0.25, -0.2) is 0 Å². The molecule has 2 aliphatic rings. The van der Waals surface area contributed by atoms with Gasteiger partial charge in [-0.1, -0.05) is 31.0 Å². The van der Waals surface area contributed by atoms with Crippen LogP contribution in [0.1, 0.15) is 44.9 Å². The van der Waals surface area contributed by atoms with E-state index in [0.717, 1.165) is 50.9 Å². The highest BCUT2D eigenvalue weighted by atomic mass is 16.6. The molecule has 1 N–H and O–H groups in total. The quantitative estimate of drug-likeness (QED) is 0.453. The minimum atomic E-state index is -0.356. The van der Waals surface area contributed by atoms with Crippen molar-refractivity contribution in [2.45, 2.75) is 51.0 Å². The summed E-state index contributed by atoms with van der Waals surface area (Å²) < 4.78 is 5.62. The molecule has 0 aromatic heterocycles. The summed E-state index contributed by atoms with van der Waals surface area (Å²) in [7, 11) is 0. The number of nitrogens with one attached hydrogen (secondary N) is 1. The molecule has 176 valence electrons. The molecule has 3 atom stereocenters.